The number of hydrogen-bond acceptors (Lipinski definition) is 4. The predicted octanol–water partition coefficient (Wildman–Crippen LogP) is 3.86. The number of amides is 1. The molecule has 0 bridgehead atoms. The van der Waals surface area contributed by atoms with Gasteiger partial charge in [-0.2, -0.15) is 0 Å². The number of piperidine rings is 2. The average molecular weight is 457 g/mol. The van der Waals surface area contributed by atoms with Crippen LogP contribution in [0.4, 0.5) is 0 Å². The van der Waals surface area contributed by atoms with Crippen molar-refractivity contribution in [1.29, 1.82) is 0 Å². The van der Waals surface area contributed by atoms with Crippen LogP contribution >= 0.6 is 11.6 Å². The molecular formula is C22H33ClN2O4S. The predicted molar refractivity (Wildman–Crippen MR) is 119 cm³/mol. The van der Waals surface area contributed by atoms with Crippen molar-refractivity contribution in [2.75, 3.05) is 38.5 Å². The third-order valence-electron chi connectivity index (χ3n) is 6.29. The van der Waals surface area contributed by atoms with Gasteiger partial charge in [0.2, 0.25) is 15.9 Å². The molecule has 168 valence electrons. The molecule has 2 aliphatic rings. The Kier molecular flexibility index (Phi) is 7.69. The number of nitrogens with zero attached hydrogens (tertiary/aromatic N) is 2. The van der Waals surface area contributed by atoms with Gasteiger partial charge in [0, 0.05) is 43.0 Å². The molecule has 0 spiro atoms. The molecule has 1 aromatic carbocycles. The molecule has 3 rings (SSSR count). The molecule has 2 saturated heterocycles. The van der Waals surface area contributed by atoms with Crippen LogP contribution in [-0.4, -0.2) is 62.1 Å². The van der Waals surface area contributed by atoms with Crippen LogP contribution < -0.4 is 4.74 Å². The van der Waals surface area contributed by atoms with Crippen molar-refractivity contribution in [3.05, 3.63) is 28.8 Å². The van der Waals surface area contributed by atoms with Gasteiger partial charge >= 0.3 is 0 Å². The summed E-state index contributed by atoms with van der Waals surface area (Å²) in [7, 11) is -3.31. The first-order chi connectivity index (χ1) is 14.2. The van der Waals surface area contributed by atoms with Gasteiger partial charge in [0.25, 0.3) is 0 Å². The Balaban J connectivity index is 1.79. The van der Waals surface area contributed by atoms with Crippen molar-refractivity contribution >= 4 is 27.5 Å². The Bertz CT molecular complexity index is 855. The Morgan fingerprint density at radius 1 is 1.17 bits per heavy atom. The summed E-state index contributed by atoms with van der Waals surface area (Å²) >= 11 is 6.12. The molecule has 0 N–H and O–H groups in total. The van der Waals surface area contributed by atoms with Gasteiger partial charge < -0.3 is 9.64 Å². The number of carbonyl (C=O) groups excluding carboxylic acids is 1. The number of likely N-dealkylation sites (tertiary alicyclic amines) is 1. The number of benzene rings is 1. The summed E-state index contributed by atoms with van der Waals surface area (Å²) in [4.78, 5) is 15.0. The maximum atomic E-state index is 13.1. The van der Waals surface area contributed by atoms with Crippen LogP contribution in [0.15, 0.2) is 18.2 Å². The molecule has 0 radical (unpaired) electrons. The van der Waals surface area contributed by atoms with Gasteiger partial charge in [-0.3, -0.25) is 4.79 Å². The minimum absolute atomic E-state index is 0.0698. The van der Waals surface area contributed by atoms with Gasteiger partial charge in [-0.05, 0) is 69.7 Å². The highest BCUT2D eigenvalue weighted by Crippen LogP contribution is 2.37. The fourth-order valence-corrected chi connectivity index (χ4v) is 5.78. The lowest BCUT2D eigenvalue weighted by Gasteiger charge is -2.42. The highest BCUT2D eigenvalue weighted by molar-refractivity contribution is 7.89. The average Bonchev–Trinajstić information content (AvgIpc) is 2.75. The number of carbonyl (C=O) groups is 1. The Morgan fingerprint density at radius 2 is 1.90 bits per heavy atom. The zero-order chi connectivity index (χ0) is 21.8. The molecule has 2 aliphatic heterocycles. The van der Waals surface area contributed by atoms with E-state index in [9.17, 15) is 13.2 Å². The Labute approximate surface area is 185 Å². The van der Waals surface area contributed by atoms with Crippen LogP contribution in [0.25, 0.3) is 0 Å². The Hall–Kier alpha value is -1.31. The highest BCUT2D eigenvalue weighted by atomic mass is 35.5. The maximum absolute atomic E-state index is 13.1. The summed E-state index contributed by atoms with van der Waals surface area (Å²) in [5, 5.41) is 0.676. The molecule has 30 heavy (non-hydrogen) atoms. The number of aryl methyl sites for hydroxylation is 1. The van der Waals surface area contributed by atoms with Crippen LogP contribution in [0, 0.1) is 12.3 Å². The summed E-state index contributed by atoms with van der Waals surface area (Å²) in [5.41, 5.74) is 0.397. The van der Waals surface area contributed by atoms with E-state index in [-0.39, 0.29) is 11.7 Å². The quantitative estimate of drug-likeness (QED) is 0.624. The van der Waals surface area contributed by atoms with E-state index in [2.05, 4.69) is 0 Å². The minimum atomic E-state index is -3.31. The van der Waals surface area contributed by atoms with Crippen LogP contribution in [0.2, 0.25) is 5.02 Å². The van der Waals surface area contributed by atoms with E-state index in [1.54, 1.807) is 17.3 Å². The van der Waals surface area contributed by atoms with Crippen molar-refractivity contribution < 1.29 is 17.9 Å². The van der Waals surface area contributed by atoms with Gasteiger partial charge in [-0.15, -0.1) is 0 Å². The van der Waals surface area contributed by atoms with E-state index < -0.39 is 15.4 Å². The summed E-state index contributed by atoms with van der Waals surface area (Å²) in [6, 6.07) is 5.50. The third-order valence-corrected chi connectivity index (χ3v) is 8.55. The zero-order valence-corrected chi connectivity index (χ0v) is 19.6. The van der Waals surface area contributed by atoms with Gasteiger partial charge in [0.05, 0.1) is 12.4 Å². The summed E-state index contributed by atoms with van der Waals surface area (Å²) in [6.07, 6.45) is 5.06. The first-order valence-electron chi connectivity index (χ1n) is 10.9. The molecule has 0 aliphatic carbocycles. The smallest absolute Gasteiger partial charge is 0.223 e. The number of halogens is 1. The topological polar surface area (TPSA) is 66.9 Å². The van der Waals surface area contributed by atoms with Crippen LogP contribution in [0.1, 0.15) is 51.0 Å². The summed E-state index contributed by atoms with van der Waals surface area (Å²) < 4.78 is 32.8. The monoisotopic (exact) mass is 456 g/mol. The number of hydrogen-bond donors (Lipinski definition) is 0. The molecule has 0 unspecified atom stereocenters. The van der Waals surface area contributed by atoms with Crippen molar-refractivity contribution in [1.82, 2.24) is 9.21 Å². The second-order valence-corrected chi connectivity index (χ2v) is 11.3. The second-order valence-electron chi connectivity index (χ2n) is 8.66. The summed E-state index contributed by atoms with van der Waals surface area (Å²) in [6.45, 7) is 6.32. The number of sulfonamides is 1. The van der Waals surface area contributed by atoms with Crippen molar-refractivity contribution in [3.63, 3.8) is 0 Å². The third kappa shape index (κ3) is 5.68. The largest absolute Gasteiger partial charge is 0.493 e. The van der Waals surface area contributed by atoms with Gasteiger partial charge in [-0.25, -0.2) is 12.7 Å². The SMILES string of the molecule is CCS(=O)(=O)N1CCC[C@](COc2ccc(Cl)c(C)c2)(CC(=O)N2CCCCC2)C1. The number of ether oxygens (including phenoxy) is 1. The van der Waals surface area contributed by atoms with E-state index >= 15 is 0 Å². The van der Waals surface area contributed by atoms with E-state index in [0.29, 0.717) is 36.9 Å². The molecule has 2 heterocycles. The van der Waals surface area contributed by atoms with Gasteiger partial charge in [-0.1, -0.05) is 11.6 Å². The highest BCUT2D eigenvalue weighted by Gasteiger charge is 2.42. The fourth-order valence-electron chi connectivity index (χ4n) is 4.42. The fraction of sp³-hybridized carbons (Fsp3) is 0.682. The van der Waals surface area contributed by atoms with Crippen molar-refractivity contribution in [3.8, 4) is 5.75 Å². The summed E-state index contributed by atoms with van der Waals surface area (Å²) in [5.74, 6) is 0.874. The molecule has 1 amide bonds. The molecule has 0 aromatic heterocycles. The lowest BCUT2D eigenvalue weighted by atomic mass is 9.78. The first kappa shape index (κ1) is 23.4. The molecule has 8 heteroatoms. The standard InChI is InChI=1S/C22H33ClN2O4S/c1-3-30(27,28)25-13-7-10-22(16-25,15-21(26)24-11-5-4-6-12-24)17-29-19-8-9-20(23)18(2)14-19/h8-9,14H,3-7,10-13,15-17H2,1-2H3/t22-/m0/s1. The van der Waals surface area contributed by atoms with Gasteiger partial charge in [0.15, 0.2) is 0 Å². The first-order valence-corrected chi connectivity index (χ1v) is 12.9. The molecule has 0 saturated carbocycles. The molecule has 1 atom stereocenters. The van der Waals surface area contributed by atoms with Crippen molar-refractivity contribution in [2.45, 2.75) is 52.4 Å². The van der Waals surface area contributed by atoms with E-state index in [1.165, 1.54) is 0 Å². The Morgan fingerprint density at radius 3 is 2.57 bits per heavy atom. The van der Waals surface area contributed by atoms with Gasteiger partial charge in [0.1, 0.15) is 5.75 Å². The molecular weight excluding hydrogens is 424 g/mol. The van der Waals surface area contributed by atoms with Crippen LogP contribution in [-0.2, 0) is 14.8 Å². The van der Waals surface area contributed by atoms with Crippen LogP contribution in [0.5, 0.6) is 5.75 Å². The van der Waals surface area contributed by atoms with E-state index in [4.69, 9.17) is 16.3 Å². The maximum Gasteiger partial charge on any atom is 0.223 e. The lowest BCUT2D eigenvalue weighted by molar-refractivity contribution is -0.136. The second kappa shape index (κ2) is 9.88. The molecule has 2 fully saturated rings. The van der Waals surface area contributed by atoms with E-state index in [1.807, 2.05) is 24.0 Å². The molecule has 1 aromatic rings. The van der Waals surface area contributed by atoms with E-state index in [0.717, 1.165) is 50.8 Å². The van der Waals surface area contributed by atoms with Crippen molar-refractivity contribution in [2.24, 2.45) is 5.41 Å². The van der Waals surface area contributed by atoms with Crippen LogP contribution in [0.3, 0.4) is 0 Å². The minimum Gasteiger partial charge on any atom is -0.493 e. The lowest BCUT2D eigenvalue weighted by Crippen LogP contribution is -2.51. The normalized spacial score (nSPS) is 23.4. The molecule has 6 nitrogen and oxygen atoms in total. The number of rotatable bonds is 7. The zero-order valence-electron chi connectivity index (χ0n) is 18.0.